The number of hydrogen-bond donors (Lipinski definition) is 1. The van der Waals surface area contributed by atoms with Crippen molar-refractivity contribution in [2.24, 2.45) is 23.7 Å². The number of hydrogen-bond acceptors (Lipinski definition) is 1. The molecule has 0 radical (unpaired) electrons. The van der Waals surface area contributed by atoms with E-state index < -0.39 is 0 Å². The van der Waals surface area contributed by atoms with Crippen molar-refractivity contribution in [3.63, 3.8) is 0 Å². The molecule has 2 nitrogen and oxygen atoms in total. The SMILES string of the molecule is C=CC1(NC(=O)c2ccccc2)C2CC3CC(C2)CC1C3. The van der Waals surface area contributed by atoms with Crippen LogP contribution in [0.3, 0.4) is 0 Å². The highest BCUT2D eigenvalue weighted by atomic mass is 16.1. The molecule has 0 spiro atoms. The fraction of sp³-hybridized carbons (Fsp3) is 0.526. The predicted molar refractivity (Wildman–Crippen MR) is 83.9 cm³/mol. The summed E-state index contributed by atoms with van der Waals surface area (Å²) in [5, 5.41) is 3.38. The molecule has 1 N–H and O–H groups in total. The lowest BCUT2D eigenvalue weighted by molar-refractivity contribution is -0.0466. The monoisotopic (exact) mass is 281 g/mol. The van der Waals surface area contributed by atoms with Crippen LogP contribution in [0.4, 0.5) is 0 Å². The Morgan fingerprint density at radius 3 is 2.14 bits per heavy atom. The number of benzene rings is 1. The van der Waals surface area contributed by atoms with Crippen LogP contribution in [0.2, 0.25) is 0 Å². The highest BCUT2D eigenvalue weighted by Gasteiger charge is 2.56. The second-order valence-corrected chi connectivity index (χ2v) is 7.26. The first kappa shape index (κ1) is 13.1. The zero-order valence-corrected chi connectivity index (χ0v) is 12.4. The summed E-state index contributed by atoms with van der Waals surface area (Å²) < 4.78 is 0. The van der Waals surface area contributed by atoms with Crippen LogP contribution in [0.5, 0.6) is 0 Å². The van der Waals surface area contributed by atoms with Crippen molar-refractivity contribution in [3.05, 3.63) is 48.6 Å². The van der Waals surface area contributed by atoms with Gasteiger partial charge in [-0.2, -0.15) is 0 Å². The molecule has 4 saturated carbocycles. The Kier molecular flexibility index (Phi) is 2.95. The number of nitrogens with one attached hydrogen (secondary N) is 1. The zero-order valence-electron chi connectivity index (χ0n) is 12.4. The van der Waals surface area contributed by atoms with Gasteiger partial charge in [-0.05, 0) is 67.9 Å². The molecular weight excluding hydrogens is 258 g/mol. The summed E-state index contributed by atoms with van der Waals surface area (Å²) >= 11 is 0. The van der Waals surface area contributed by atoms with Gasteiger partial charge in [-0.3, -0.25) is 4.79 Å². The van der Waals surface area contributed by atoms with Crippen LogP contribution in [0.1, 0.15) is 42.5 Å². The average Bonchev–Trinajstić information content (AvgIpc) is 2.51. The first-order valence-corrected chi connectivity index (χ1v) is 8.22. The maximum absolute atomic E-state index is 12.6. The van der Waals surface area contributed by atoms with E-state index in [1.165, 1.54) is 32.1 Å². The lowest BCUT2D eigenvalue weighted by Gasteiger charge is -2.60. The molecule has 0 aromatic heterocycles. The Morgan fingerprint density at radius 1 is 1.05 bits per heavy atom. The molecule has 21 heavy (non-hydrogen) atoms. The van der Waals surface area contributed by atoms with Gasteiger partial charge in [0.25, 0.3) is 5.91 Å². The molecule has 0 saturated heterocycles. The number of carbonyl (C=O) groups excluding carboxylic acids is 1. The number of amides is 1. The molecule has 1 aromatic carbocycles. The summed E-state index contributed by atoms with van der Waals surface area (Å²) in [4.78, 5) is 12.6. The number of rotatable bonds is 3. The summed E-state index contributed by atoms with van der Waals surface area (Å²) in [6, 6.07) is 9.58. The molecule has 0 unspecified atom stereocenters. The third-order valence-electron chi connectivity index (χ3n) is 6.19. The van der Waals surface area contributed by atoms with E-state index in [4.69, 9.17) is 0 Å². The fourth-order valence-corrected chi connectivity index (χ4v) is 5.41. The van der Waals surface area contributed by atoms with Gasteiger partial charge in [-0.15, -0.1) is 6.58 Å². The van der Waals surface area contributed by atoms with E-state index in [0.717, 1.165) is 17.4 Å². The van der Waals surface area contributed by atoms with Gasteiger partial charge in [0.15, 0.2) is 0 Å². The first-order valence-electron chi connectivity index (χ1n) is 8.22. The lowest BCUT2D eigenvalue weighted by atomic mass is 9.48. The third-order valence-corrected chi connectivity index (χ3v) is 6.19. The molecule has 0 aliphatic heterocycles. The van der Waals surface area contributed by atoms with Gasteiger partial charge < -0.3 is 5.32 Å². The average molecular weight is 281 g/mol. The summed E-state index contributed by atoms with van der Waals surface area (Å²) in [6.45, 7) is 4.11. The Morgan fingerprint density at radius 2 is 1.62 bits per heavy atom. The Labute approximate surface area is 126 Å². The molecule has 4 fully saturated rings. The summed E-state index contributed by atoms with van der Waals surface area (Å²) in [5.74, 6) is 3.05. The van der Waals surface area contributed by atoms with Crippen LogP contribution in [0, 0.1) is 23.7 Å². The molecule has 0 heterocycles. The van der Waals surface area contributed by atoms with E-state index in [0.29, 0.717) is 11.8 Å². The Balaban J connectivity index is 1.62. The van der Waals surface area contributed by atoms with Gasteiger partial charge in [-0.1, -0.05) is 24.3 Å². The topological polar surface area (TPSA) is 29.1 Å². The highest BCUT2D eigenvalue weighted by Crippen LogP contribution is 2.58. The summed E-state index contributed by atoms with van der Waals surface area (Å²) in [6.07, 6.45) is 8.57. The van der Waals surface area contributed by atoms with Crippen molar-refractivity contribution in [1.29, 1.82) is 0 Å². The fourth-order valence-electron chi connectivity index (χ4n) is 5.41. The molecule has 5 rings (SSSR count). The molecule has 1 amide bonds. The normalized spacial score (nSPS) is 40.0. The predicted octanol–water partition coefficient (Wildman–Crippen LogP) is 3.80. The van der Waals surface area contributed by atoms with Gasteiger partial charge in [0.2, 0.25) is 0 Å². The molecule has 1 aromatic rings. The van der Waals surface area contributed by atoms with Crippen molar-refractivity contribution in [1.82, 2.24) is 5.32 Å². The number of carbonyl (C=O) groups is 1. The first-order chi connectivity index (χ1) is 10.2. The summed E-state index contributed by atoms with van der Waals surface area (Å²) in [5.41, 5.74) is 0.591. The van der Waals surface area contributed by atoms with Crippen LogP contribution in [0.25, 0.3) is 0 Å². The van der Waals surface area contributed by atoms with E-state index in [1.54, 1.807) is 0 Å². The van der Waals surface area contributed by atoms with E-state index in [1.807, 2.05) is 30.3 Å². The third kappa shape index (κ3) is 1.96. The molecule has 110 valence electrons. The minimum atomic E-state index is -0.166. The van der Waals surface area contributed by atoms with Crippen LogP contribution in [-0.2, 0) is 0 Å². The quantitative estimate of drug-likeness (QED) is 0.839. The van der Waals surface area contributed by atoms with Crippen LogP contribution in [-0.4, -0.2) is 11.4 Å². The highest BCUT2D eigenvalue weighted by molar-refractivity contribution is 5.94. The van der Waals surface area contributed by atoms with Crippen LogP contribution in [0.15, 0.2) is 43.0 Å². The van der Waals surface area contributed by atoms with Gasteiger partial charge in [0.1, 0.15) is 0 Å². The maximum atomic E-state index is 12.6. The van der Waals surface area contributed by atoms with Crippen LogP contribution < -0.4 is 5.32 Å². The van der Waals surface area contributed by atoms with Gasteiger partial charge >= 0.3 is 0 Å². The van der Waals surface area contributed by atoms with Crippen molar-refractivity contribution >= 4 is 5.91 Å². The van der Waals surface area contributed by atoms with Crippen molar-refractivity contribution in [2.45, 2.75) is 37.6 Å². The minimum Gasteiger partial charge on any atom is -0.343 e. The van der Waals surface area contributed by atoms with Crippen molar-refractivity contribution < 1.29 is 4.79 Å². The molecule has 0 atom stereocenters. The second-order valence-electron chi connectivity index (χ2n) is 7.26. The molecule has 2 heteroatoms. The minimum absolute atomic E-state index is 0.0583. The molecule has 4 bridgehead atoms. The van der Waals surface area contributed by atoms with E-state index in [9.17, 15) is 4.79 Å². The van der Waals surface area contributed by atoms with Crippen molar-refractivity contribution in [3.8, 4) is 0 Å². The van der Waals surface area contributed by atoms with E-state index in [2.05, 4.69) is 18.0 Å². The van der Waals surface area contributed by atoms with Gasteiger partial charge in [-0.25, -0.2) is 0 Å². The van der Waals surface area contributed by atoms with E-state index >= 15 is 0 Å². The van der Waals surface area contributed by atoms with Gasteiger partial charge in [0, 0.05) is 5.56 Å². The Hall–Kier alpha value is -1.57. The van der Waals surface area contributed by atoms with E-state index in [-0.39, 0.29) is 11.4 Å². The zero-order chi connectivity index (χ0) is 14.4. The van der Waals surface area contributed by atoms with Crippen molar-refractivity contribution in [2.75, 3.05) is 0 Å². The van der Waals surface area contributed by atoms with Crippen LogP contribution >= 0.6 is 0 Å². The molecule has 4 aliphatic carbocycles. The second kappa shape index (κ2) is 4.72. The largest absolute Gasteiger partial charge is 0.343 e. The Bertz CT molecular complexity index is 534. The van der Waals surface area contributed by atoms with Gasteiger partial charge in [0.05, 0.1) is 5.54 Å². The smallest absolute Gasteiger partial charge is 0.251 e. The lowest BCUT2D eigenvalue weighted by Crippen LogP contribution is -2.65. The summed E-state index contributed by atoms with van der Waals surface area (Å²) in [7, 11) is 0. The maximum Gasteiger partial charge on any atom is 0.251 e. The standard InChI is InChI=1S/C19H23NO/c1-2-19(20-18(21)15-6-4-3-5-7-15)16-9-13-8-14(11-16)12-17(19)10-13/h2-7,13-14,16-17H,1,8-12H2,(H,20,21). The molecule has 4 aliphatic rings. The molecular formula is C19H23NO.